The van der Waals surface area contributed by atoms with Gasteiger partial charge < -0.3 is 0 Å². The molecule has 2 aromatic heterocycles. The highest BCUT2D eigenvalue weighted by atomic mass is 14.8. The van der Waals surface area contributed by atoms with Gasteiger partial charge in [-0.3, -0.25) is 9.97 Å². The third-order valence-electron chi connectivity index (χ3n) is 5.98. The molecule has 2 nitrogen and oxygen atoms in total. The number of hydrogen-bond acceptors (Lipinski definition) is 2. The van der Waals surface area contributed by atoms with Crippen molar-refractivity contribution in [2.75, 3.05) is 0 Å². The van der Waals surface area contributed by atoms with Crippen molar-refractivity contribution in [3.05, 3.63) is 47.8 Å². The van der Waals surface area contributed by atoms with Gasteiger partial charge in [-0.15, -0.1) is 6.42 Å². The van der Waals surface area contributed by atoms with Crippen LogP contribution in [0.25, 0.3) is 11.4 Å². The fraction of sp³-hybridized carbons (Fsp3) is 0.440. The summed E-state index contributed by atoms with van der Waals surface area (Å²) in [6, 6.07) is 8.30. The first-order valence-electron chi connectivity index (χ1n) is 10.1. The second kappa shape index (κ2) is 7.21. The van der Waals surface area contributed by atoms with E-state index in [1.165, 1.54) is 31.2 Å². The molecule has 0 unspecified atom stereocenters. The molecule has 2 heteroatoms. The van der Waals surface area contributed by atoms with Crippen LogP contribution in [0, 0.1) is 35.0 Å². The first kappa shape index (κ1) is 17.8. The van der Waals surface area contributed by atoms with Gasteiger partial charge in [-0.05, 0) is 55.9 Å². The highest BCUT2D eigenvalue weighted by molar-refractivity contribution is 5.55. The summed E-state index contributed by atoms with van der Waals surface area (Å²) in [5, 5.41) is 0. The Bertz CT molecular complexity index is 884. The molecular weight excluding hydrogens is 328 g/mol. The Labute approximate surface area is 162 Å². The second-order valence-electron chi connectivity index (χ2n) is 8.28. The maximum Gasteiger partial charge on any atom is 0.0887 e. The summed E-state index contributed by atoms with van der Waals surface area (Å²) in [6.07, 6.45) is 18.9. The Morgan fingerprint density at radius 1 is 0.926 bits per heavy atom. The van der Waals surface area contributed by atoms with E-state index in [1.807, 2.05) is 24.5 Å². The van der Waals surface area contributed by atoms with Crippen molar-refractivity contribution in [2.45, 2.75) is 58.3 Å². The van der Waals surface area contributed by atoms with E-state index in [0.29, 0.717) is 0 Å². The van der Waals surface area contributed by atoms with Crippen LogP contribution in [0.1, 0.15) is 63.0 Å². The van der Waals surface area contributed by atoms with Crippen molar-refractivity contribution in [2.24, 2.45) is 10.8 Å². The molecule has 3 aliphatic rings. The number of nitrogens with zero attached hydrogens (tertiary/aromatic N) is 2. The maximum absolute atomic E-state index is 5.58. The lowest BCUT2D eigenvalue weighted by Crippen LogP contribution is -2.59. The van der Waals surface area contributed by atoms with Gasteiger partial charge in [0, 0.05) is 28.8 Å². The first-order valence-corrected chi connectivity index (χ1v) is 10.1. The summed E-state index contributed by atoms with van der Waals surface area (Å²) in [5.41, 5.74) is 4.47. The fourth-order valence-corrected chi connectivity index (χ4v) is 4.38. The molecule has 0 saturated heterocycles. The molecule has 0 N–H and O–H groups in total. The Balaban J connectivity index is 1.35. The molecule has 136 valence electrons. The molecule has 0 aliphatic heterocycles. The monoisotopic (exact) mass is 354 g/mol. The molecule has 0 aromatic carbocycles. The summed E-state index contributed by atoms with van der Waals surface area (Å²) in [4.78, 5) is 9.15. The third kappa shape index (κ3) is 3.63. The molecule has 0 atom stereocenters. The minimum absolute atomic E-state index is 0.185. The predicted octanol–water partition coefficient (Wildman–Crippen LogP) is 5.42. The molecule has 0 spiro atoms. The predicted molar refractivity (Wildman–Crippen MR) is 110 cm³/mol. The molecule has 3 saturated carbocycles. The van der Waals surface area contributed by atoms with E-state index in [4.69, 9.17) is 6.42 Å². The standard InChI is InChI=1S/C25H26N2/c1-3-5-6-7-8-20-9-11-22(26-15-20)23-12-10-21(16-27-23)13-14-25-17-24(4-2,18-25)19-25/h2,9-12,15-16H,3,5-8,17-19H2,1H3. The van der Waals surface area contributed by atoms with Crippen molar-refractivity contribution < 1.29 is 0 Å². The number of pyridine rings is 2. The van der Waals surface area contributed by atoms with Crippen LogP contribution in [0.5, 0.6) is 0 Å². The Kier molecular flexibility index (Phi) is 4.75. The molecule has 5 rings (SSSR count). The van der Waals surface area contributed by atoms with Crippen LogP contribution in [-0.4, -0.2) is 9.97 Å². The lowest BCUT2D eigenvalue weighted by molar-refractivity contribution is -0.113. The lowest BCUT2D eigenvalue weighted by Gasteiger charge is -2.65. The van der Waals surface area contributed by atoms with Gasteiger partial charge in [-0.1, -0.05) is 50.0 Å². The van der Waals surface area contributed by atoms with Crippen LogP contribution >= 0.6 is 0 Å². The Morgan fingerprint density at radius 3 is 2.26 bits per heavy atom. The van der Waals surface area contributed by atoms with Gasteiger partial charge >= 0.3 is 0 Å². The van der Waals surface area contributed by atoms with Gasteiger partial charge in [0.1, 0.15) is 0 Å². The highest BCUT2D eigenvalue weighted by Gasteiger charge is 2.66. The Morgan fingerprint density at radius 2 is 1.67 bits per heavy atom. The molecular formula is C25H26N2. The summed E-state index contributed by atoms with van der Waals surface area (Å²) in [6.45, 7) is 2.24. The van der Waals surface area contributed by atoms with Crippen LogP contribution in [0.4, 0.5) is 0 Å². The molecule has 0 amide bonds. The molecule has 2 bridgehead atoms. The van der Waals surface area contributed by atoms with Crippen molar-refractivity contribution in [3.8, 4) is 35.6 Å². The quantitative estimate of drug-likeness (QED) is 0.511. The van der Waals surface area contributed by atoms with E-state index in [1.54, 1.807) is 0 Å². The molecule has 2 aromatic rings. The average Bonchev–Trinajstić information content (AvgIpc) is 2.64. The van der Waals surface area contributed by atoms with E-state index in [0.717, 1.165) is 42.6 Å². The fourth-order valence-electron chi connectivity index (χ4n) is 4.38. The minimum Gasteiger partial charge on any atom is -0.254 e. The minimum atomic E-state index is 0.185. The van der Waals surface area contributed by atoms with Crippen LogP contribution < -0.4 is 0 Å². The van der Waals surface area contributed by atoms with Crippen molar-refractivity contribution >= 4 is 0 Å². The zero-order valence-electron chi connectivity index (χ0n) is 16.1. The number of rotatable bonds is 6. The van der Waals surface area contributed by atoms with Gasteiger partial charge in [0.15, 0.2) is 0 Å². The average molecular weight is 354 g/mol. The summed E-state index contributed by atoms with van der Waals surface area (Å²) in [5.74, 6) is 9.64. The second-order valence-corrected chi connectivity index (χ2v) is 8.28. The van der Waals surface area contributed by atoms with Gasteiger partial charge in [0.2, 0.25) is 0 Å². The summed E-state index contributed by atoms with van der Waals surface area (Å²) < 4.78 is 0. The van der Waals surface area contributed by atoms with Gasteiger partial charge in [0.25, 0.3) is 0 Å². The number of terminal acetylenes is 1. The topological polar surface area (TPSA) is 25.8 Å². The van der Waals surface area contributed by atoms with Crippen molar-refractivity contribution in [1.29, 1.82) is 0 Å². The maximum atomic E-state index is 5.58. The molecule has 3 fully saturated rings. The van der Waals surface area contributed by atoms with E-state index in [9.17, 15) is 0 Å². The van der Waals surface area contributed by atoms with Crippen LogP contribution in [-0.2, 0) is 6.42 Å². The first-order chi connectivity index (χ1) is 13.2. The zero-order valence-corrected chi connectivity index (χ0v) is 16.1. The molecule has 2 heterocycles. The normalized spacial score (nSPS) is 24.7. The number of aryl methyl sites for hydroxylation is 1. The molecule has 3 aliphatic carbocycles. The smallest absolute Gasteiger partial charge is 0.0887 e. The van der Waals surface area contributed by atoms with Crippen LogP contribution in [0.2, 0.25) is 0 Å². The van der Waals surface area contributed by atoms with Crippen LogP contribution in [0.3, 0.4) is 0 Å². The Hall–Kier alpha value is -2.58. The van der Waals surface area contributed by atoms with E-state index < -0.39 is 0 Å². The van der Waals surface area contributed by atoms with Crippen LogP contribution in [0.15, 0.2) is 36.7 Å². The summed E-state index contributed by atoms with van der Waals surface area (Å²) in [7, 11) is 0. The van der Waals surface area contributed by atoms with E-state index >= 15 is 0 Å². The van der Waals surface area contributed by atoms with E-state index in [-0.39, 0.29) is 10.8 Å². The van der Waals surface area contributed by atoms with E-state index in [2.05, 4.69) is 46.8 Å². The number of unbranched alkanes of at least 4 members (excludes halogenated alkanes) is 3. The van der Waals surface area contributed by atoms with Crippen molar-refractivity contribution in [1.82, 2.24) is 9.97 Å². The third-order valence-corrected chi connectivity index (χ3v) is 5.98. The number of aromatic nitrogens is 2. The number of hydrogen-bond donors (Lipinski definition) is 0. The van der Waals surface area contributed by atoms with Gasteiger partial charge in [-0.2, -0.15) is 0 Å². The highest BCUT2D eigenvalue weighted by Crippen LogP contribution is 2.72. The lowest BCUT2D eigenvalue weighted by atomic mass is 9.36. The summed E-state index contributed by atoms with van der Waals surface area (Å²) >= 11 is 0. The molecule has 27 heavy (non-hydrogen) atoms. The van der Waals surface area contributed by atoms with Crippen molar-refractivity contribution in [3.63, 3.8) is 0 Å². The molecule has 0 radical (unpaired) electrons. The van der Waals surface area contributed by atoms with Gasteiger partial charge in [-0.25, -0.2) is 0 Å². The largest absolute Gasteiger partial charge is 0.254 e. The zero-order chi connectivity index (χ0) is 18.7. The SMILES string of the molecule is C#CC12CC(C#Cc3ccc(-c4ccc(CCCCCC)cn4)nc3)(C1)C2. The van der Waals surface area contributed by atoms with Gasteiger partial charge in [0.05, 0.1) is 11.4 Å².